The standard InChI is InChI=1S/C13H15N/c1-3-10-5-6-11-7-8-12(4-2)14-13(11)9-10/h5-9H,3-4H2,1-2H3. The average Bonchev–Trinajstić information content (AvgIpc) is 2.27. The molecular formula is C13H15N. The van der Waals surface area contributed by atoms with E-state index < -0.39 is 0 Å². The van der Waals surface area contributed by atoms with Gasteiger partial charge in [-0.15, -0.1) is 0 Å². The van der Waals surface area contributed by atoms with Crippen LogP contribution in [0.1, 0.15) is 25.1 Å². The van der Waals surface area contributed by atoms with Gasteiger partial charge in [0.25, 0.3) is 0 Å². The molecule has 0 spiro atoms. The average molecular weight is 185 g/mol. The van der Waals surface area contributed by atoms with Crippen LogP contribution in [0.2, 0.25) is 0 Å². The van der Waals surface area contributed by atoms with E-state index in [1.807, 2.05) is 0 Å². The van der Waals surface area contributed by atoms with Gasteiger partial charge in [-0.25, -0.2) is 0 Å². The molecule has 0 aliphatic carbocycles. The molecule has 0 unspecified atom stereocenters. The molecule has 1 nitrogen and oxygen atoms in total. The third-order valence-corrected chi connectivity index (χ3v) is 2.58. The molecule has 0 saturated carbocycles. The molecule has 0 atom stereocenters. The van der Waals surface area contributed by atoms with E-state index in [1.165, 1.54) is 16.6 Å². The predicted octanol–water partition coefficient (Wildman–Crippen LogP) is 3.36. The van der Waals surface area contributed by atoms with Gasteiger partial charge in [-0.3, -0.25) is 4.98 Å². The summed E-state index contributed by atoms with van der Waals surface area (Å²) in [6.07, 6.45) is 2.08. The highest BCUT2D eigenvalue weighted by atomic mass is 14.7. The summed E-state index contributed by atoms with van der Waals surface area (Å²) < 4.78 is 0. The normalized spacial score (nSPS) is 10.7. The third kappa shape index (κ3) is 1.63. The van der Waals surface area contributed by atoms with Gasteiger partial charge in [-0.05, 0) is 30.5 Å². The van der Waals surface area contributed by atoms with Crippen molar-refractivity contribution in [1.82, 2.24) is 4.98 Å². The second-order valence-electron chi connectivity index (χ2n) is 3.54. The molecular weight excluding hydrogens is 170 g/mol. The number of fused-ring (bicyclic) bond motifs is 1. The zero-order valence-electron chi connectivity index (χ0n) is 8.75. The number of aryl methyl sites for hydroxylation is 2. The molecule has 0 radical (unpaired) electrons. The topological polar surface area (TPSA) is 12.9 Å². The van der Waals surface area contributed by atoms with Gasteiger partial charge in [0.1, 0.15) is 0 Å². The van der Waals surface area contributed by atoms with Crippen LogP contribution >= 0.6 is 0 Å². The molecule has 0 N–H and O–H groups in total. The lowest BCUT2D eigenvalue weighted by Crippen LogP contribution is -1.88. The van der Waals surface area contributed by atoms with Crippen LogP contribution in [0.4, 0.5) is 0 Å². The van der Waals surface area contributed by atoms with E-state index in [2.05, 4.69) is 49.2 Å². The predicted molar refractivity (Wildman–Crippen MR) is 60.5 cm³/mol. The molecule has 1 heterocycles. The molecule has 72 valence electrons. The van der Waals surface area contributed by atoms with Crippen molar-refractivity contribution >= 4 is 10.9 Å². The highest BCUT2D eigenvalue weighted by molar-refractivity contribution is 5.79. The first kappa shape index (κ1) is 9.20. The van der Waals surface area contributed by atoms with E-state index in [0.29, 0.717) is 0 Å². The molecule has 2 rings (SSSR count). The minimum atomic E-state index is 1.01. The Balaban J connectivity index is 2.60. The Kier molecular flexibility index (Phi) is 2.49. The number of pyridine rings is 1. The van der Waals surface area contributed by atoms with Gasteiger partial charge in [0.05, 0.1) is 5.52 Å². The van der Waals surface area contributed by atoms with Crippen molar-refractivity contribution < 1.29 is 0 Å². The van der Waals surface area contributed by atoms with Crippen molar-refractivity contribution in [2.75, 3.05) is 0 Å². The Morgan fingerprint density at radius 2 is 1.79 bits per heavy atom. The fourth-order valence-electron chi connectivity index (χ4n) is 1.62. The fourth-order valence-corrected chi connectivity index (χ4v) is 1.62. The monoisotopic (exact) mass is 185 g/mol. The van der Waals surface area contributed by atoms with Crippen LogP contribution in [0.25, 0.3) is 10.9 Å². The van der Waals surface area contributed by atoms with Gasteiger partial charge in [-0.1, -0.05) is 32.0 Å². The molecule has 14 heavy (non-hydrogen) atoms. The molecule has 0 aliphatic rings. The van der Waals surface area contributed by atoms with Gasteiger partial charge in [0.2, 0.25) is 0 Å². The van der Waals surface area contributed by atoms with Gasteiger partial charge in [0, 0.05) is 11.1 Å². The van der Waals surface area contributed by atoms with E-state index in [9.17, 15) is 0 Å². The van der Waals surface area contributed by atoms with E-state index in [-0.39, 0.29) is 0 Å². The van der Waals surface area contributed by atoms with Crippen molar-refractivity contribution in [1.29, 1.82) is 0 Å². The lowest BCUT2D eigenvalue weighted by atomic mass is 10.1. The second-order valence-corrected chi connectivity index (χ2v) is 3.54. The Morgan fingerprint density at radius 1 is 1.00 bits per heavy atom. The van der Waals surface area contributed by atoms with Gasteiger partial charge < -0.3 is 0 Å². The van der Waals surface area contributed by atoms with Crippen LogP contribution in [0, 0.1) is 0 Å². The minimum absolute atomic E-state index is 1.01. The van der Waals surface area contributed by atoms with Crippen molar-refractivity contribution in [2.45, 2.75) is 26.7 Å². The molecule has 1 aromatic carbocycles. The highest BCUT2D eigenvalue weighted by Gasteiger charge is 1.97. The maximum Gasteiger partial charge on any atom is 0.0708 e. The van der Waals surface area contributed by atoms with E-state index in [1.54, 1.807) is 0 Å². The molecule has 0 bridgehead atoms. The number of benzene rings is 1. The Bertz CT molecular complexity index is 407. The van der Waals surface area contributed by atoms with E-state index in [0.717, 1.165) is 18.4 Å². The van der Waals surface area contributed by atoms with E-state index in [4.69, 9.17) is 0 Å². The summed E-state index contributed by atoms with van der Waals surface area (Å²) in [6, 6.07) is 10.8. The smallest absolute Gasteiger partial charge is 0.0708 e. The number of aromatic nitrogens is 1. The number of rotatable bonds is 2. The zero-order chi connectivity index (χ0) is 9.97. The number of hydrogen-bond donors (Lipinski definition) is 0. The fraction of sp³-hybridized carbons (Fsp3) is 0.308. The highest BCUT2D eigenvalue weighted by Crippen LogP contribution is 2.15. The van der Waals surface area contributed by atoms with Crippen molar-refractivity contribution in [3.05, 3.63) is 41.6 Å². The first-order valence-electron chi connectivity index (χ1n) is 5.22. The zero-order valence-corrected chi connectivity index (χ0v) is 8.75. The SMILES string of the molecule is CCc1ccc2ccc(CC)nc2c1. The number of nitrogens with zero attached hydrogens (tertiary/aromatic N) is 1. The lowest BCUT2D eigenvalue weighted by Gasteiger charge is -2.02. The molecule has 1 heteroatoms. The van der Waals surface area contributed by atoms with Gasteiger partial charge in [-0.2, -0.15) is 0 Å². The lowest BCUT2D eigenvalue weighted by molar-refractivity contribution is 1.05. The van der Waals surface area contributed by atoms with Crippen molar-refractivity contribution in [3.63, 3.8) is 0 Å². The van der Waals surface area contributed by atoms with Gasteiger partial charge >= 0.3 is 0 Å². The van der Waals surface area contributed by atoms with Crippen LogP contribution in [-0.4, -0.2) is 4.98 Å². The van der Waals surface area contributed by atoms with Crippen LogP contribution in [0.3, 0.4) is 0 Å². The van der Waals surface area contributed by atoms with Crippen LogP contribution in [0.5, 0.6) is 0 Å². The Morgan fingerprint density at radius 3 is 2.50 bits per heavy atom. The van der Waals surface area contributed by atoms with Crippen LogP contribution < -0.4 is 0 Å². The summed E-state index contributed by atoms with van der Waals surface area (Å²) >= 11 is 0. The maximum atomic E-state index is 4.60. The molecule has 0 saturated heterocycles. The Labute approximate surface area is 84.8 Å². The molecule has 0 aliphatic heterocycles. The summed E-state index contributed by atoms with van der Waals surface area (Å²) in [7, 11) is 0. The molecule has 2 aromatic rings. The number of hydrogen-bond acceptors (Lipinski definition) is 1. The summed E-state index contributed by atoms with van der Waals surface area (Å²) in [6.45, 7) is 4.31. The maximum absolute atomic E-state index is 4.60. The first-order chi connectivity index (χ1) is 6.83. The van der Waals surface area contributed by atoms with Crippen LogP contribution in [-0.2, 0) is 12.8 Å². The van der Waals surface area contributed by atoms with E-state index >= 15 is 0 Å². The summed E-state index contributed by atoms with van der Waals surface area (Å²) in [5.74, 6) is 0. The van der Waals surface area contributed by atoms with Gasteiger partial charge in [0.15, 0.2) is 0 Å². The summed E-state index contributed by atoms with van der Waals surface area (Å²) in [5.41, 5.74) is 3.66. The molecule has 0 fully saturated rings. The summed E-state index contributed by atoms with van der Waals surface area (Å²) in [4.78, 5) is 4.60. The quantitative estimate of drug-likeness (QED) is 0.699. The summed E-state index contributed by atoms with van der Waals surface area (Å²) in [5, 5.41) is 1.24. The Hall–Kier alpha value is -1.37. The second kappa shape index (κ2) is 3.79. The molecule has 1 aromatic heterocycles. The minimum Gasteiger partial charge on any atom is -0.253 e. The first-order valence-corrected chi connectivity index (χ1v) is 5.22. The molecule has 0 amide bonds. The van der Waals surface area contributed by atoms with Crippen molar-refractivity contribution in [2.24, 2.45) is 0 Å². The van der Waals surface area contributed by atoms with Crippen molar-refractivity contribution in [3.8, 4) is 0 Å². The van der Waals surface area contributed by atoms with Crippen LogP contribution in [0.15, 0.2) is 30.3 Å². The third-order valence-electron chi connectivity index (χ3n) is 2.58. The largest absolute Gasteiger partial charge is 0.253 e.